The summed E-state index contributed by atoms with van der Waals surface area (Å²) in [4.78, 5) is 50.9. The molecule has 252 valence electrons. The lowest BCUT2D eigenvalue weighted by atomic mass is 9.83. The first-order valence-electron chi connectivity index (χ1n) is 14.7. The Kier molecular flexibility index (Phi) is 15.1. The number of ketones is 1. The zero-order chi connectivity index (χ0) is 34.3. The van der Waals surface area contributed by atoms with Gasteiger partial charge in [-0.2, -0.15) is 13.2 Å². The van der Waals surface area contributed by atoms with E-state index in [0.29, 0.717) is 18.8 Å². The molecule has 3 rings (SSSR count). The molecular weight excluding hydrogens is 614 g/mol. The summed E-state index contributed by atoms with van der Waals surface area (Å²) in [6.07, 6.45) is 1.37. The molecule has 0 aromatic heterocycles. The van der Waals surface area contributed by atoms with Crippen molar-refractivity contribution < 1.29 is 51.7 Å². The van der Waals surface area contributed by atoms with Crippen LogP contribution in [-0.4, -0.2) is 59.1 Å². The first-order valence-corrected chi connectivity index (χ1v) is 14.7. The van der Waals surface area contributed by atoms with E-state index in [9.17, 15) is 37.1 Å². The maximum atomic E-state index is 13.7. The Labute approximate surface area is 264 Å². The number of carboxylic acids is 2. The monoisotopic (exact) mass is 653 g/mol. The van der Waals surface area contributed by atoms with Gasteiger partial charge in [0.1, 0.15) is 6.04 Å². The van der Waals surface area contributed by atoms with Crippen LogP contribution in [-0.2, 0) is 32.0 Å². The van der Waals surface area contributed by atoms with Crippen LogP contribution in [0, 0.1) is 17.7 Å². The molecule has 14 heteroatoms. The Morgan fingerprint density at radius 2 is 1.65 bits per heavy atom. The maximum Gasteiger partial charge on any atom is 0.490 e. The van der Waals surface area contributed by atoms with Crippen molar-refractivity contribution in [1.29, 1.82) is 0 Å². The third-order valence-electron chi connectivity index (χ3n) is 7.44. The molecule has 2 aromatic rings. The highest BCUT2D eigenvalue weighted by Gasteiger charge is 2.38. The first kappa shape index (κ1) is 37.7. The molecule has 10 nitrogen and oxygen atoms in total. The van der Waals surface area contributed by atoms with Crippen LogP contribution in [0.2, 0.25) is 0 Å². The zero-order valence-corrected chi connectivity index (χ0v) is 25.4. The number of aryl methyl sites for hydroxylation is 1. The second-order valence-corrected chi connectivity index (χ2v) is 11.0. The molecule has 5 N–H and O–H groups in total. The molecule has 1 aliphatic carbocycles. The van der Waals surface area contributed by atoms with E-state index in [1.54, 1.807) is 12.1 Å². The van der Waals surface area contributed by atoms with Gasteiger partial charge < -0.3 is 20.7 Å². The summed E-state index contributed by atoms with van der Waals surface area (Å²) in [5, 5.41) is 19.2. The Morgan fingerprint density at radius 1 is 1.02 bits per heavy atom. The van der Waals surface area contributed by atoms with Crippen molar-refractivity contribution in [3.63, 3.8) is 0 Å². The molecule has 2 aromatic carbocycles. The minimum atomic E-state index is -5.08. The number of benzene rings is 2. The van der Waals surface area contributed by atoms with Gasteiger partial charge in [-0.3, -0.25) is 19.7 Å². The molecule has 0 unspecified atom stereocenters. The average Bonchev–Trinajstić information content (AvgIpc) is 3.00. The van der Waals surface area contributed by atoms with Crippen LogP contribution in [0.5, 0.6) is 5.75 Å². The number of methoxy groups -OCH3 is 1. The molecule has 0 heterocycles. The lowest BCUT2D eigenvalue weighted by molar-refractivity contribution is -0.192. The van der Waals surface area contributed by atoms with Gasteiger partial charge in [0.15, 0.2) is 23.3 Å². The van der Waals surface area contributed by atoms with Crippen LogP contribution in [0.15, 0.2) is 53.5 Å². The number of nitrogens with one attached hydrogen (secondary N) is 1. The fraction of sp³-hybridized carbons (Fsp3) is 0.469. The minimum absolute atomic E-state index is 0.117. The SMILES string of the molecule is COc1cc(CCC(=O)[C@@H](CC2CCCCC2)N=C(N)NC(=O)C[C@H](Cc2ccccc2)C(=O)O)ccc1F.O=C(O)C(F)(F)F. The zero-order valence-electron chi connectivity index (χ0n) is 25.4. The third-order valence-corrected chi connectivity index (χ3v) is 7.44. The topological polar surface area (TPSA) is 168 Å². The molecule has 1 saturated carbocycles. The number of carboxylic acid groups (broad SMARTS) is 2. The standard InChI is InChI=1S/C30H38FN3O5.C2HF3O2/c1-39-27-18-22(12-14-24(27)31)13-15-26(35)25(17-21-10-6-3-7-11-21)33-30(32)34-28(36)19-23(29(37)38)16-20-8-4-2-5-9-20;3-2(4,5)1(6)7/h2,4-5,8-9,12,14,18,21,23,25H,3,6-7,10-11,13,15-17,19H2,1H3,(H,37,38)(H3,32,33,34,36);(H,6,7)/t23-,25+;/m0./s1. The number of rotatable bonds is 13. The summed E-state index contributed by atoms with van der Waals surface area (Å²) in [6, 6.07) is 12.9. The fourth-order valence-corrected chi connectivity index (χ4v) is 5.05. The third kappa shape index (κ3) is 13.7. The first-order chi connectivity index (χ1) is 21.7. The molecule has 0 saturated heterocycles. The van der Waals surface area contributed by atoms with Gasteiger partial charge >= 0.3 is 18.1 Å². The number of aliphatic imine (C=N–C) groups is 1. The summed E-state index contributed by atoms with van der Waals surface area (Å²) in [5.74, 6) is -5.64. The number of amides is 1. The number of hydrogen-bond acceptors (Lipinski definition) is 6. The molecular formula is C32H39F4N3O7. The van der Waals surface area contributed by atoms with Crippen molar-refractivity contribution in [3.8, 4) is 5.75 Å². The van der Waals surface area contributed by atoms with Gasteiger partial charge in [-0.1, -0.05) is 68.5 Å². The number of carbonyl (C=O) groups is 4. The number of alkyl halides is 3. The van der Waals surface area contributed by atoms with Crippen LogP contribution in [0.4, 0.5) is 17.6 Å². The van der Waals surface area contributed by atoms with Gasteiger partial charge in [-0.15, -0.1) is 0 Å². The van der Waals surface area contributed by atoms with E-state index in [4.69, 9.17) is 20.4 Å². The Balaban J connectivity index is 0.000000942. The predicted octanol–water partition coefficient (Wildman–Crippen LogP) is 5.07. The van der Waals surface area contributed by atoms with E-state index in [0.717, 1.165) is 36.8 Å². The van der Waals surface area contributed by atoms with Crippen molar-refractivity contribution in [2.24, 2.45) is 22.6 Å². The number of hydrogen-bond donors (Lipinski definition) is 4. The van der Waals surface area contributed by atoms with Crippen molar-refractivity contribution in [2.75, 3.05) is 7.11 Å². The number of nitrogens with zero attached hydrogens (tertiary/aromatic N) is 1. The number of carbonyl (C=O) groups excluding carboxylic acids is 2. The summed E-state index contributed by atoms with van der Waals surface area (Å²) >= 11 is 0. The second kappa shape index (κ2) is 18.5. The number of aliphatic carboxylic acids is 2. The minimum Gasteiger partial charge on any atom is -0.494 e. The Hall–Kier alpha value is -4.49. The fourth-order valence-electron chi connectivity index (χ4n) is 5.05. The van der Waals surface area contributed by atoms with Crippen LogP contribution in [0.3, 0.4) is 0 Å². The van der Waals surface area contributed by atoms with Gasteiger partial charge in [0, 0.05) is 12.8 Å². The molecule has 0 aliphatic heterocycles. The second-order valence-electron chi connectivity index (χ2n) is 11.0. The molecule has 1 aliphatic rings. The van der Waals surface area contributed by atoms with Gasteiger partial charge in [-0.05, 0) is 48.4 Å². The summed E-state index contributed by atoms with van der Waals surface area (Å²) in [6.45, 7) is 0. The molecule has 0 radical (unpaired) electrons. The normalized spacial score (nSPS) is 15.1. The van der Waals surface area contributed by atoms with E-state index in [1.807, 2.05) is 30.3 Å². The molecule has 46 heavy (non-hydrogen) atoms. The van der Waals surface area contributed by atoms with Gasteiger partial charge in [0.05, 0.1) is 13.0 Å². The van der Waals surface area contributed by atoms with Crippen LogP contribution in [0.1, 0.15) is 62.5 Å². The molecule has 0 spiro atoms. The van der Waals surface area contributed by atoms with Crippen molar-refractivity contribution in [2.45, 2.75) is 76.4 Å². The van der Waals surface area contributed by atoms with Gasteiger partial charge in [-0.25, -0.2) is 14.2 Å². The number of ether oxygens (including phenoxy) is 1. The summed E-state index contributed by atoms with van der Waals surface area (Å²) < 4.78 is 50.5. The van der Waals surface area contributed by atoms with Crippen LogP contribution in [0.25, 0.3) is 0 Å². The van der Waals surface area contributed by atoms with Crippen LogP contribution >= 0.6 is 0 Å². The van der Waals surface area contributed by atoms with E-state index in [2.05, 4.69) is 10.3 Å². The van der Waals surface area contributed by atoms with Crippen molar-refractivity contribution in [3.05, 3.63) is 65.5 Å². The van der Waals surface area contributed by atoms with E-state index < -0.39 is 41.8 Å². The highest BCUT2D eigenvalue weighted by molar-refractivity contribution is 5.98. The maximum absolute atomic E-state index is 13.7. The van der Waals surface area contributed by atoms with Gasteiger partial charge in [0.25, 0.3) is 0 Å². The summed E-state index contributed by atoms with van der Waals surface area (Å²) in [7, 11) is 1.39. The van der Waals surface area contributed by atoms with E-state index in [-0.39, 0.29) is 36.8 Å². The van der Waals surface area contributed by atoms with E-state index >= 15 is 0 Å². The number of nitrogens with two attached hydrogens (primary N) is 1. The molecule has 1 fully saturated rings. The predicted molar refractivity (Wildman–Crippen MR) is 161 cm³/mol. The number of Topliss-reactive ketones (excluding diaryl/α,β-unsaturated/α-hetero) is 1. The van der Waals surface area contributed by atoms with Crippen LogP contribution < -0.4 is 15.8 Å². The quantitative estimate of drug-likeness (QED) is 0.132. The van der Waals surface area contributed by atoms with Crippen molar-refractivity contribution >= 4 is 29.6 Å². The lowest BCUT2D eigenvalue weighted by Gasteiger charge is -2.24. The number of guanidine groups is 1. The van der Waals surface area contributed by atoms with Crippen molar-refractivity contribution in [1.82, 2.24) is 5.32 Å². The lowest BCUT2D eigenvalue weighted by Crippen LogP contribution is -2.40. The van der Waals surface area contributed by atoms with Gasteiger partial charge in [0.2, 0.25) is 5.91 Å². The highest BCUT2D eigenvalue weighted by atomic mass is 19.4. The smallest absolute Gasteiger partial charge is 0.490 e. The molecule has 0 bridgehead atoms. The van der Waals surface area contributed by atoms with E-state index in [1.165, 1.54) is 19.6 Å². The average molecular weight is 654 g/mol. The Bertz CT molecular complexity index is 1350. The highest BCUT2D eigenvalue weighted by Crippen LogP contribution is 2.29. The Morgan fingerprint density at radius 3 is 2.22 bits per heavy atom. The number of halogens is 4. The molecule has 2 atom stereocenters. The molecule has 1 amide bonds. The largest absolute Gasteiger partial charge is 0.494 e. The summed E-state index contributed by atoms with van der Waals surface area (Å²) in [5.41, 5.74) is 7.63.